The maximum atomic E-state index is 13.0. The monoisotopic (exact) mass is 304 g/mol. The summed E-state index contributed by atoms with van der Waals surface area (Å²) in [5, 5.41) is 2.35. The van der Waals surface area contributed by atoms with Crippen molar-refractivity contribution in [3.63, 3.8) is 0 Å². The predicted octanol–water partition coefficient (Wildman–Crippen LogP) is 4.21. The minimum atomic E-state index is 0.0231. The molecule has 3 heteroatoms. The molecule has 0 bridgehead atoms. The molecule has 4 rings (SSSR count). The second-order valence-electron chi connectivity index (χ2n) is 6.29. The van der Waals surface area contributed by atoms with Crippen LogP contribution in [0.2, 0.25) is 0 Å². The number of nitrogens with zero attached hydrogens (tertiary/aromatic N) is 2. The summed E-state index contributed by atoms with van der Waals surface area (Å²) in [6.45, 7) is 4.29. The molecule has 2 heterocycles. The van der Waals surface area contributed by atoms with Gasteiger partial charge in [-0.25, -0.2) is 4.79 Å². The predicted molar refractivity (Wildman–Crippen MR) is 96.4 cm³/mol. The summed E-state index contributed by atoms with van der Waals surface area (Å²) in [6, 6.07) is 14.5. The first-order valence-corrected chi connectivity index (χ1v) is 8.15. The van der Waals surface area contributed by atoms with Gasteiger partial charge in [0.1, 0.15) is 0 Å². The third-order valence-corrected chi connectivity index (χ3v) is 4.73. The highest BCUT2D eigenvalue weighted by atomic mass is 16.1. The number of para-hydroxylation sites is 1. The van der Waals surface area contributed by atoms with Gasteiger partial charge >= 0.3 is 5.69 Å². The molecule has 0 N–H and O–H groups in total. The standard InChI is InChI=1S/C20H20N2O/c1-4-7-14-16-12-13(2)10-11-18(16)22-19(14)15-8-5-6-9-17(15)21(3)20(22)23/h5-6,8-12H,4,7H2,1-3H3. The molecule has 0 saturated heterocycles. The zero-order chi connectivity index (χ0) is 16.1. The van der Waals surface area contributed by atoms with Crippen molar-refractivity contribution in [2.45, 2.75) is 26.7 Å². The first kappa shape index (κ1) is 14.1. The second kappa shape index (κ2) is 4.98. The zero-order valence-corrected chi connectivity index (χ0v) is 13.8. The summed E-state index contributed by atoms with van der Waals surface area (Å²) in [7, 11) is 1.85. The molecule has 0 radical (unpaired) electrons. The Morgan fingerprint density at radius 3 is 2.57 bits per heavy atom. The van der Waals surface area contributed by atoms with E-state index in [1.165, 1.54) is 16.5 Å². The molecular weight excluding hydrogens is 284 g/mol. The maximum Gasteiger partial charge on any atom is 0.333 e. The Morgan fingerprint density at radius 2 is 1.78 bits per heavy atom. The molecule has 0 spiro atoms. The van der Waals surface area contributed by atoms with Crippen LogP contribution in [0.25, 0.3) is 27.3 Å². The van der Waals surface area contributed by atoms with Crippen LogP contribution >= 0.6 is 0 Å². The van der Waals surface area contributed by atoms with Crippen LogP contribution in [-0.4, -0.2) is 8.97 Å². The SMILES string of the molecule is CCCc1c2cc(C)ccc2n2c(=O)n(C)c3ccccc3c12. The molecule has 0 atom stereocenters. The highest BCUT2D eigenvalue weighted by Gasteiger charge is 2.17. The lowest BCUT2D eigenvalue weighted by Crippen LogP contribution is -2.24. The molecule has 4 aromatic rings. The van der Waals surface area contributed by atoms with Crippen molar-refractivity contribution < 1.29 is 0 Å². The van der Waals surface area contributed by atoms with Crippen molar-refractivity contribution in [3.8, 4) is 0 Å². The Bertz CT molecular complexity index is 1120. The lowest BCUT2D eigenvalue weighted by atomic mass is 10.0. The summed E-state index contributed by atoms with van der Waals surface area (Å²) in [5.41, 5.74) is 5.62. The van der Waals surface area contributed by atoms with Crippen LogP contribution in [0.5, 0.6) is 0 Å². The van der Waals surface area contributed by atoms with E-state index in [2.05, 4.69) is 38.1 Å². The summed E-state index contributed by atoms with van der Waals surface area (Å²) >= 11 is 0. The van der Waals surface area contributed by atoms with Gasteiger partial charge < -0.3 is 0 Å². The highest BCUT2D eigenvalue weighted by molar-refractivity contribution is 6.04. The fourth-order valence-corrected chi connectivity index (χ4v) is 3.67. The van der Waals surface area contributed by atoms with Gasteiger partial charge in [0.2, 0.25) is 0 Å². The molecule has 116 valence electrons. The first-order chi connectivity index (χ1) is 11.1. The van der Waals surface area contributed by atoms with E-state index in [9.17, 15) is 4.79 Å². The number of aryl methyl sites for hydroxylation is 3. The van der Waals surface area contributed by atoms with Crippen molar-refractivity contribution >= 4 is 27.3 Å². The summed E-state index contributed by atoms with van der Waals surface area (Å²) in [4.78, 5) is 13.0. The smallest absolute Gasteiger partial charge is 0.296 e. The van der Waals surface area contributed by atoms with E-state index in [0.717, 1.165) is 34.8 Å². The van der Waals surface area contributed by atoms with Gasteiger partial charge in [-0.05, 0) is 37.1 Å². The van der Waals surface area contributed by atoms with Gasteiger partial charge in [-0.3, -0.25) is 8.97 Å². The van der Waals surface area contributed by atoms with Crippen molar-refractivity contribution in [1.82, 2.24) is 8.97 Å². The molecule has 0 saturated carbocycles. The molecule has 0 aliphatic heterocycles. The molecule has 0 fully saturated rings. The average Bonchev–Trinajstić information content (AvgIpc) is 2.87. The summed E-state index contributed by atoms with van der Waals surface area (Å²) in [6.07, 6.45) is 2.04. The van der Waals surface area contributed by atoms with Crippen LogP contribution in [0.3, 0.4) is 0 Å². The maximum absolute atomic E-state index is 13.0. The van der Waals surface area contributed by atoms with Crippen molar-refractivity contribution in [2.75, 3.05) is 0 Å². The van der Waals surface area contributed by atoms with Gasteiger partial charge in [-0.1, -0.05) is 43.2 Å². The zero-order valence-electron chi connectivity index (χ0n) is 13.8. The van der Waals surface area contributed by atoms with Crippen LogP contribution in [0.4, 0.5) is 0 Å². The molecule has 2 aromatic carbocycles. The minimum Gasteiger partial charge on any atom is -0.296 e. The minimum absolute atomic E-state index is 0.0231. The Hall–Kier alpha value is -2.55. The quantitative estimate of drug-likeness (QED) is 0.545. The van der Waals surface area contributed by atoms with E-state index in [4.69, 9.17) is 0 Å². The largest absolute Gasteiger partial charge is 0.333 e. The normalized spacial score (nSPS) is 11.8. The van der Waals surface area contributed by atoms with E-state index in [1.54, 1.807) is 4.57 Å². The lowest BCUT2D eigenvalue weighted by molar-refractivity contribution is 0.836. The van der Waals surface area contributed by atoms with E-state index in [0.29, 0.717) is 0 Å². The second-order valence-corrected chi connectivity index (χ2v) is 6.29. The third kappa shape index (κ3) is 1.86. The topological polar surface area (TPSA) is 26.4 Å². The number of benzene rings is 2. The van der Waals surface area contributed by atoms with Crippen LogP contribution in [0.1, 0.15) is 24.5 Å². The Labute approximate surface area is 134 Å². The van der Waals surface area contributed by atoms with E-state index < -0.39 is 0 Å². The van der Waals surface area contributed by atoms with Gasteiger partial charge in [0.25, 0.3) is 0 Å². The molecule has 23 heavy (non-hydrogen) atoms. The van der Waals surface area contributed by atoms with Gasteiger partial charge in [0, 0.05) is 17.8 Å². The molecule has 0 amide bonds. The summed E-state index contributed by atoms with van der Waals surface area (Å²) < 4.78 is 3.64. The molecule has 0 unspecified atom stereocenters. The van der Waals surface area contributed by atoms with Crippen molar-refractivity contribution in [2.24, 2.45) is 7.05 Å². The fraction of sp³-hybridized carbons (Fsp3) is 0.250. The van der Waals surface area contributed by atoms with Gasteiger partial charge in [-0.2, -0.15) is 0 Å². The Balaban J connectivity index is 2.39. The van der Waals surface area contributed by atoms with E-state index in [1.807, 2.05) is 29.6 Å². The average molecular weight is 304 g/mol. The molecule has 0 aliphatic carbocycles. The number of hydrogen-bond donors (Lipinski definition) is 0. The number of fused-ring (bicyclic) bond motifs is 5. The first-order valence-electron chi connectivity index (χ1n) is 8.15. The third-order valence-electron chi connectivity index (χ3n) is 4.73. The summed E-state index contributed by atoms with van der Waals surface area (Å²) in [5.74, 6) is 0. The number of hydrogen-bond acceptors (Lipinski definition) is 1. The van der Waals surface area contributed by atoms with Crippen LogP contribution in [0.15, 0.2) is 47.3 Å². The van der Waals surface area contributed by atoms with Crippen LogP contribution in [-0.2, 0) is 13.5 Å². The molecule has 2 aromatic heterocycles. The van der Waals surface area contributed by atoms with Crippen LogP contribution < -0.4 is 5.69 Å². The van der Waals surface area contributed by atoms with E-state index in [-0.39, 0.29) is 5.69 Å². The molecular formula is C20H20N2O. The van der Waals surface area contributed by atoms with Gasteiger partial charge in [0.05, 0.1) is 16.6 Å². The number of rotatable bonds is 2. The van der Waals surface area contributed by atoms with Gasteiger partial charge in [-0.15, -0.1) is 0 Å². The highest BCUT2D eigenvalue weighted by Crippen LogP contribution is 2.31. The number of aromatic nitrogens is 2. The molecule has 3 nitrogen and oxygen atoms in total. The van der Waals surface area contributed by atoms with Gasteiger partial charge in [0.15, 0.2) is 0 Å². The van der Waals surface area contributed by atoms with Crippen molar-refractivity contribution in [3.05, 3.63) is 64.1 Å². The molecule has 0 aliphatic rings. The van der Waals surface area contributed by atoms with Crippen LogP contribution in [0, 0.1) is 6.92 Å². The Morgan fingerprint density at radius 1 is 1.00 bits per heavy atom. The van der Waals surface area contributed by atoms with Crippen molar-refractivity contribution in [1.29, 1.82) is 0 Å². The van der Waals surface area contributed by atoms with E-state index >= 15 is 0 Å². The Kier molecular flexibility index (Phi) is 3.05. The lowest BCUT2D eigenvalue weighted by Gasteiger charge is -2.09. The fourth-order valence-electron chi connectivity index (χ4n) is 3.67.